The Labute approximate surface area is 141 Å². The van der Waals surface area contributed by atoms with E-state index in [1.165, 1.54) is 55.6 Å². The molecule has 0 bridgehead atoms. The van der Waals surface area contributed by atoms with Gasteiger partial charge in [0.2, 0.25) is 0 Å². The molecule has 2 nitrogen and oxygen atoms in total. The number of ether oxygens (including phenoxy) is 1. The number of methoxy groups -OCH3 is 1. The van der Waals surface area contributed by atoms with Crippen LogP contribution in [0.4, 0.5) is 13.2 Å². The summed E-state index contributed by atoms with van der Waals surface area (Å²) in [5.74, 6) is 0.423. The van der Waals surface area contributed by atoms with Crippen molar-refractivity contribution in [1.82, 2.24) is 0 Å². The molecule has 0 saturated carbocycles. The molecule has 0 amide bonds. The molecule has 2 aromatic rings. The van der Waals surface area contributed by atoms with Crippen LogP contribution < -0.4 is 4.74 Å². The van der Waals surface area contributed by atoms with Gasteiger partial charge in [-0.05, 0) is 42.3 Å². The van der Waals surface area contributed by atoms with E-state index in [0.717, 1.165) is 6.92 Å². The minimum absolute atomic E-state index is 0. The van der Waals surface area contributed by atoms with Crippen LogP contribution in [0.1, 0.15) is 18.1 Å². The van der Waals surface area contributed by atoms with Crippen molar-refractivity contribution in [2.45, 2.75) is 18.5 Å². The van der Waals surface area contributed by atoms with E-state index in [-0.39, 0.29) is 37.9 Å². The molecule has 0 fully saturated rings. The molecule has 6 heteroatoms. The van der Waals surface area contributed by atoms with Crippen LogP contribution in [-0.4, -0.2) is 18.4 Å². The van der Waals surface area contributed by atoms with Gasteiger partial charge >= 0.3 is 6.18 Å². The molecule has 1 atom stereocenters. The zero-order chi connectivity index (χ0) is 15.7. The first-order chi connectivity index (χ1) is 9.79. The predicted octanol–water partition coefficient (Wildman–Crippen LogP) is 4.27. The predicted molar refractivity (Wildman–Crippen MR) is 73.6 cm³/mol. The first-order valence-corrected chi connectivity index (χ1v) is 6.30. The third-order valence-corrected chi connectivity index (χ3v) is 3.68. The third kappa shape index (κ3) is 3.30. The fourth-order valence-electron chi connectivity index (χ4n) is 2.21. The number of rotatable bonds is 3. The van der Waals surface area contributed by atoms with Crippen LogP contribution in [0.5, 0.6) is 11.5 Å². The molecule has 0 aliphatic carbocycles. The molecule has 0 heterocycles. The van der Waals surface area contributed by atoms with Crippen molar-refractivity contribution >= 4 is 0 Å². The van der Waals surface area contributed by atoms with Gasteiger partial charge in [-0.1, -0.05) is 24.3 Å². The van der Waals surface area contributed by atoms with Gasteiger partial charge < -0.3 is 9.84 Å². The maximum Gasteiger partial charge on any atom is 0.402 e. The second-order valence-electron chi connectivity index (χ2n) is 4.90. The van der Waals surface area contributed by atoms with Crippen LogP contribution in [-0.2, 0) is 26.5 Å². The fraction of sp³-hybridized carbons (Fsp3) is 0.250. The van der Waals surface area contributed by atoms with Gasteiger partial charge in [0.15, 0.2) is 0 Å². The average molecular weight is 480 g/mol. The molecule has 1 N–H and O–H groups in total. The topological polar surface area (TPSA) is 29.5 Å². The van der Waals surface area contributed by atoms with Crippen LogP contribution in [0.2, 0.25) is 0 Å². The molecule has 0 aliphatic heterocycles. The van der Waals surface area contributed by atoms with E-state index < -0.39 is 11.6 Å². The summed E-state index contributed by atoms with van der Waals surface area (Å²) in [7, 11) is 1.46. The Kier molecular flexibility index (Phi) is 5.69. The third-order valence-electron chi connectivity index (χ3n) is 3.68. The summed E-state index contributed by atoms with van der Waals surface area (Å²) in [6.07, 6.45) is -4.47. The summed E-state index contributed by atoms with van der Waals surface area (Å²) in [5.41, 5.74) is -1.98. The molecule has 2 rings (SSSR count). The molecule has 0 aliphatic rings. The quantitative estimate of drug-likeness (QED) is 0.712. The van der Waals surface area contributed by atoms with Crippen molar-refractivity contribution in [2.24, 2.45) is 0 Å². The van der Waals surface area contributed by atoms with Crippen molar-refractivity contribution in [3.63, 3.8) is 0 Å². The van der Waals surface area contributed by atoms with Gasteiger partial charge in [-0.2, -0.15) is 13.2 Å². The monoisotopic (exact) mass is 480 g/mol. The van der Waals surface area contributed by atoms with Crippen molar-refractivity contribution in [3.05, 3.63) is 59.7 Å². The molecule has 1 unspecified atom stereocenters. The zero-order valence-corrected chi connectivity index (χ0v) is 14.9. The van der Waals surface area contributed by atoms with Gasteiger partial charge in [0.25, 0.3) is 0 Å². The van der Waals surface area contributed by atoms with Gasteiger partial charge in [-0.25, -0.2) is 0 Å². The Hall–Kier alpha value is -1.48. The number of benzene rings is 2. The number of halogens is 3. The van der Waals surface area contributed by atoms with E-state index in [1.54, 1.807) is 0 Å². The normalized spacial score (nSPS) is 13.9. The Balaban J connectivity index is 0.00000242. The fourth-order valence-corrected chi connectivity index (χ4v) is 2.21. The molecular weight excluding hydrogens is 465 g/mol. The largest absolute Gasteiger partial charge is 0.508 e. The van der Waals surface area contributed by atoms with E-state index in [1.807, 2.05) is 0 Å². The Morgan fingerprint density at radius 2 is 1.27 bits per heavy atom. The molecule has 22 heavy (non-hydrogen) atoms. The Bertz CT molecular complexity index is 609. The number of hydrogen-bond acceptors (Lipinski definition) is 2. The van der Waals surface area contributed by atoms with Crippen LogP contribution in [0, 0.1) is 0 Å². The second-order valence-corrected chi connectivity index (χ2v) is 4.90. The van der Waals surface area contributed by atoms with Crippen LogP contribution in [0.3, 0.4) is 0 Å². The maximum atomic E-state index is 13.7. The van der Waals surface area contributed by atoms with Gasteiger partial charge in [0.1, 0.15) is 16.9 Å². The number of phenolic OH excluding ortho intramolecular Hbond substituents is 1. The molecule has 0 spiro atoms. The van der Waals surface area contributed by atoms with Crippen molar-refractivity contribution in [1.29, 1.82) is 0 Å². The van der Waals surface area contributed by atoms with Crippen LogP contribution >= 0.6 is 0 Å². The van der Waals surface area contributed by atoms with E-state index in [9.17, 15) is 18.3 Å². The van der Waals surface area contributed by atoms with Gasteiger partial charge in [0.05, 0.1) is 7.11 Å². The van der Waals surface area contributed by atoms with Crippen molar-refractivity contribution < 1.29 is 44.1 Å². The minimum atomic E-state index is -4.47. The Morgan fingerprint density at radius 3 is 1.64 bits per heavy atom. The number of hydrogen-bond donors (Lipinski definition) is 1. The van der Waals surface area contributed by atoms with E-state index in [2.05, 4.69) is 0 Å². The molecule has 118 valence electrons. The zero-order valence-electron chi connectivity index (χ0n) is 12.0. The number of aromatic hydroxyl groups is 1. The molecule has 0 saturated heterocycles. The summed E-state index contributed by atoms with van der Waals surface area (Å²) in [6.45, 7) is 1.13. The van der Waals surface area contributed by atoms with Gasteiger partial charge in [-0.15, -0.1) is 0 Å². The Morgan fingerprint density at radius 1 is 0.864 bits per heavy atom. The number of phenols is 1. The summed E-state index contributed by atoms with van der Waals surface area (Å²) in [6, 6.07) is 10.9. The van der Waals surface area contributed by atoms with Crippen LogP contribution in [0.25, 0.3) is 0 Å². The van der Waals surface area contributed by atoms with Crippen molar-refractivity contribution in [2.75, 3.05) is 7.11 Å². The average Bonchev–Trinajstić information content (AvgIpc) is 2.46. The maximum absolute atomic E-state index is 13.7. The standard InChI is InChI=1S/C16H15F3O2.W/c1-15(16(17,18)19,11-3-7-13(20)8-4-11)12-5-9-14(21-2)10-6-12;/h3-10,20H,1-2H3;. The second kappa shape index (κ2) is 6.74. The van der Waals surface area contributed by atoms with E-state index in [0.29, 0.717) is 5.75 Å². The molecule has 0 radical (unpaired) electrons. The molecular formula is C16H15F3O2W. The molecule has 0 aromatic heterocycles. The van der Waals surface area contributed by atoms with E-state index in [4.69, 9.17) is 4.74 Å². The SMILES string of the molecule is COc1ccc(C(C)(c2ccc(O)cc2)C(F)(F)F)cc1.[W]. The first-order valence-electron chi connectivity index (χ1n) is 6.30. The van der Waals surface area contributed by atoms with Gasteiger partial charge in [-0.3, -0.25) is 0 Å². The van der Waals surface area contributed by atoms with E-state index >= 15 is 0 Å². The number of alkyl halides is 3. The first kappa shape index (κ1) is 18.6. The minimum Gasteiger partial charge on any atom is -0.508 e. The smallest absolute Gasteiger partial charge is 0.402 e. The summed E-state index contributed by atoms with van der Waals surface area (Å²) < 4.78 is 46.0. The van der Waals surface area contributed by atoms with Gasteiger partial charge in [0, 0.05) is 21.1 Å². The summed E-state index contributed by atoms with van der Waals surface area (Å²) >= 11 is 0. The summed E-state index contributed by atoms with van der Waals surface area (Å²) in [4.78, 5) is 0. The summed E-state index contributed by atoms with van der Waals surface area (Å²) in [5, 5.41) is 9.27. The van der Waals surface area contributed by atoms with Crippen molar-refractivity contribution in [3.8, 4) is 11.5 Å². The molecule has 2 aromatic carbocycles. The van der Waals surface area contributed by atoms with Crippen LogP contribution in [0.15, 0.2) is 48.5 Å².